The van der Waals surface area contributed by atoms with Gasteiger partial charge in [0.05, 0.1) is 22.4 Å². The SMILES string of the molecule is CC(C)n1ncc(Br)c1C(N)C(C)(C)N(C)C. The molecule has 0 spiro atoms. The second kappa shape index (κ2) is 5.08. The van der Waals surface area contributed by atoms with Gasteiger partial charge in [0.2, 0.25) is 0 Å². The van der Waals surface area contributed by atoms with Gasteiger partial charge < -0.3 is 10.6 Å². The highest BCUT2D eigenvalue weighted by atomic mass is 79.9. The number of rotatable bonds is 4. The number of hydrogen-bond acceptors (Lipinski definition) is 3. The maximum atomic E-state index is 6.43. The number of halogens is 1. The molecule has 1 aromatic heterocycles. The third kappa shape index (κ3) is 2.72. The Hall–Kier alpha value is -0.390. The molecule has 0 fully saturated rings. The van der Waals surface area contributed by atoms with Crippen LogP contribution >= 0.6 is 15.9 Å². The van der Waals surface area contributed by atoms with Gasteiger partial charge in [-0.15, -0.1) is 0 Å². The number of likely N-dealkylation sites (N-methyl/N-ethyl adjacent to an activating group) is 1. The van der Waals surface area contributed by atoms with Crippen molar-refractivity contribution in [3.05, 3.63) is 16.4 Å². The predicted octanol–water partition coefficient (Wildman–Crippen LogP) is 2.57. The molecule has 0 aliphatic rings. The first-order chi connectivity index (χ1) is 7.69. The zero-order valence-electron chi connectivity index (χ0n) is 11.5. The molecule has 4 nitrogen and oxygen atoms in total. The summed E-state index contributed by atoms with van der Waals surface area (Å²) in [5.41, 5.74) is 7.35. The zero-order chi connectivity index (χ0) is 13.4. The standard InChI is InChI=1S/C12H23BrN4/c1-8(2)17-10(9(13)7-15-17)11(14)12(3,4)16(5)6/h7-8,11H,14H2,1-6H3. The van der Waals surface area contributed by atoms with Crippen LogP contribution in [0, 0.1) is 0 Å². The molecule has 5 heteroatoms. The van der Waals surface area contributed by atoms with Crippen LogP contribution in [-0.4, -0.2) is 34.3 Å². The van der Waals surface area contributed by atoms with Crippen molar-refractivity contribution in [2.45, 2.75) is 45.3 Å². The van der Waals surface area contributed by atoms with Gasteiger partial charge in [-0.2, -0.15) is 5.10 Å². The minimum absolute atomic E-state index is 0.100. The van der Waals surface area contributed by atoms with Crippen molar-refractivity contribution in [2.24, 2.45) is 5.73 Å². The van der Waals surface area contributed by atoms with Crippen LogP contribution in [0.2, 0.25) is 0 Å². The minimum atomic E-state index is -0.130. The first kappa shape index (κ1) is 14.7. The van der Waals surface area contributed by atoms with E-state index < -0.39 is 0 Å². The molecule has 98 valence electrons. The quantitative estimate of drug-likeness (QED) is 0.930. The Morgan fingerprint density at radius 2 is 1.94 bits per heavy atom. The first-order valence-electron chi connectivity index (χ1n) is 5.85. The van der Waals surface area contributed by atoms with Gasteiger partial charge in [-0.3, -0.25) is 4.68 Å². The highest BCUT2D eigenvalue weighted by molar-refractivity contribution is 9.10. The molecular weight excluding hydrogens is 280 g/mol. The number of nitrogens with zero attached hydrogens (tertiary/aromatic N) is 3. The highest BCUT2D eigenvalue weighted by Crippen LogP contribution is 2.33. The largest absolute Gasteiger partial charge is 0.321 e. The number of aromatic nitrogens is 2. The van der Waals surface area contributed by atoms with Crippen molar-refractivity contribution >= 4 is 15.9 Å². The van der Waals surface area contributed by atoms with Crippen LogP contribution in [0.15, 0.2) is 10.7 Å². The lowest BCUT2D eigenvalue weighted by Gasteiger charge is -2.38. The summed E-state index contributed by atoms with van der Waals surface area (Å²) in [5.74, 6) is 0. The van der Waals surface area contributed by atoms with Gasteiger partial charge >= 0.3 is 0 Å². The van der Waals surface area contributed by atoms with Gasteiger partial charge in [0.1, 0.15) is 0 Å². The fourth-order valence-electron chi connectivity index (χ4n) is 1.67. The lowest BCUT2D eigenvalue weighted by Crippen LogP contribution is -2.48. The van der Waals surface area contributed by atoms with E-state index in [9.17, 15) is 0 Å². The molecular formula is C12H23BrN4. The second-order valence-corrected chi connectivity index (χ2v) is 6.30. The molecule has 1 rings (SSSR count). The fraction of sp³-hybridized carbons (Fsp3) is 0.750. The molecule has 1 unspecified atom stereocenters. The van der Waals surface area contributed by atoms with E-state index in [4.69, 9.17) is 5.73 Å². The lowest BCUT2D eigenvalue weighted by molar-refractivity contribution is 0.153. The molecule has 0 radical (unpaired) electrons. The average molecular weight is 303 g/mol. The normalized spacial score (nSPS) is 14.7. The van der Waals surface area contributed by atoms with Crippen molar-refractivity contribution in [3.8, 4) is 0 Å². The summed E-state index contributed by atoms with van der Waals surface area (Å²) in [4.78, 5) is 2.14. The minimum Gasteiger partial charge on any atom is -0.321 e. The Labute approximate surface area is 112 Å². The molecule has 0 saturated heterocycles. The third-order valence-corrected chi connectivity index (χ3v) is 4.10. The summed E-state index contributed by atoms with van der Waals surface area (Å²) >= 11 is 3.55. The van der Waals surface area contributed by atoms with E-state index in [0.29, 0.717) is 6.04 Å². The molecule has 17 heavy (non-hydrogen) atoms. The molecule has 0 saturated carbocycles. The van der Waals surface area contributed by atoms with Crippen LogP contribution in [0.25, 0.3) is 0 Å². The van der Waals surface area contributed by atoms with Crippen LogP contribution in [0.1, 0.15) is 45.5 Å². The molecule has 1 heterocycles. The summed E-state index contributed by atoms with van der Waals surface area (Å²) in [6.07, 6.45) is 1.82. The zero-order valence-corrected chi connectivity index (χ0v) is 13.1. The molecule has 0 bridgehead atoms. The Kier molecular flexibility index (Phi) is 4.38. The van der Waals surface area contributed by atoms with Crippen LogP contribution in [0.4, 0.5) is 0 Å². The number of hydrogen-bond donors (Lipinski definition) is 1. The summed E-state index contributed by atoms with van der Waals surface area (Å²) in [6, 6.07) is 0.206. The Morgan fingerprint density at radius 3 is 2.35 bits per heavy atom. The fourth-order valence-corrected chi connectivity index (χ4v) is 2.19. The van der Waals surface area contributed by atoms with E-state index in [1.165, 1.54) is 0 Å². The molecule has 0 aliphatic carbocycles. The van der Waals surface area contributed by atoms with E-state index in [1.54, 1.807) is 0 Å². The highest BCUT2D eigenvalue weighted by Gasteiger charge is 2.34. The lowest BCUT2D eigenvalue weighted by atomic mass is 9.91. The van der Waals surface area contributed by atoms with E-state index in [-0.39, 0.29) is 11.6 Å². The molecule has 1 atom stereocenters. The third-order valence-electron chi connectivity index (χ3n) is 3.48. The van der Waals surface area contributed by atoms with E-state index in [2.05, 4.69) is 53.6 Å². The predicted molar refractivity (Wildman–Crippen MR) is 75.0 cm³/mol. The van der Waals surface area contributed by atoms with Gasteiger partial charge in [0.25, 0.3) is 0 Å². The van der Waals surface area contributed by atoms with Crippen molar-refractivity contribution in [3.63, 3.8) is 0 Å². The van der Waals surface area contributed by atoms with Crippen molar-refractivity contribution < 1.29 is 0 Å². The van der Waals surface area contributed by atoms with Crippen molar-refractivity contribution in [1.29, 1.82) is 0 Å². The maximum Gasteiger partial charge on any atom is 0.0715 e. The van der Waals surface area contributed by atoms with Crippen LogP contribution in [0.3, 0.4) is 0 Å². The summed E-state index contributed by atoms with van der Waals surface area (Å²) in [6.45, 7) is 8.50. The van der Waals surface area contributed by atoms with E-state index >= 15 is 0 Å². The molecule has 0 amide bonds. The molecule has 0 aliphatic heterocycles. The second-order valence-electron chi connectivity index (χ2n) is 5.44. The van der Waals surface area contributed by atoms with Gasteiger partial charge in [0, 0.05) is 11.6 Å². The summed E-state index contributed by atoms with van der Waals surface area (Å²) in [7, 11) is 4.09. The van der Waals surface area contributed by atoms with Crippen molar-refractivity contribution in [1.82, 2.24) is 14.7 Å². The van der Waals surface area contributed by atoms with Gasteiger partial charge in [-0.1, -0.05) is 0 Å². The Balaban J connectivity index is 3.20. The van der Waals surface area contributed by atoms with E-state index in [1.807, 2.05) is 25.0 Å². The summed E-state index contributed by atoms with van der Waals surface area (Å²) in [5, 5.41) is 4.38. The first-order valence-corrected chi connectivity index (χ1v) is 6.64. The Morgan fingerprint density at radius 1 is 1.41 bits per heavy atom. The average Bonchev–Trinajstić information content (AvgIpc) is 2.58. The van der Waals surface area contributed by atoms with Crippen LogP contribution in [-0.2, 0) is 0 Å². The maximum absolute atomic E-state index is 6.43. The molecule has 2 N–H and O–H groups in total. The number of nitrogens with two attached hydrogens (primary N) is 1. The smallest absolute Gasteiger partial charge is 0.0715 e. The van der Waals surface area contributed by atoms with Crippen LogP contribution < -0.4 is 5.73 Å². The molecule has 0 aromatic carbocycles. The van der Waals surface area contributed by atoms with Gasteiger partial charge in [-0.05, 0) is 57.7 Å². The molecule has 1 aromatic rings. The Bertz CT molecular complexity index is 382. The summed E-state index contributed by atoms with van der Waals surface area (Å²) < 4.78 is 2.97. The van der Waals surface area contributed by atoms with Gasteiger partial charge in [0.15, 0.2) is 0 Å². The topological polar surface area (TPSA) is 47.1 Å². The van der Waals surface area contributed by atoms with Gasteiger partial charge in [-0.25, -0.2) is 0 Å². The van der Waals surface area contributed by atoms with Crippen LogP contribution in [0.5, 0.6) is 0 Å². The van der Waals surface area contributed by atoms with Crippen molar-refractivity contribution in [2.75, 3.05) is 14.1 Å². The monoisotopic (exact) mass is 302 g/mol. The van der Waals surface area contributed by atoms with E-state index in [0.717, 1.165) is 10.2 Å².